The van der Waals surface area contributed by atoms with Crippen molar-refractivity contribution in [2.75, 3.05) is 33.4 Å². The molecule has 1 heterocycles. The van der Waals surface area contributed by atoms with Crippen LogP contribution in [0.1, 0.15) is 18.4 Å². The quantitative estimate of drug-likeness (QED) is 0.851. The van der Waals surface area contributed by atoms with E-state index in [1.807, 2.05) is 0 Å². The van der Waals surface area contributed by atoms with Crippen molar-refractivity contribution in [2.24, 2.45) is 11.7 Å². The molecule has 2 N–H and O–H groups in total. The molecular formula is C16H26N2O. The first-order chi connectivity index (χ1) is 9.29. The van der Waals surface area contributed by atoms with Crippen molar-refractivity contribution in [3.63, 3.8) is 0 Å². The Morgan fingerprint density at radius 2 is 2.16 bits per heavy atom. The van der Waals surface area contributed by atoms with Crippen molar-refractivity contribution >= 4 is 0 Å². The largest absolute Gasteiger partial charge is 0.381 e. The first-order valence-corrected chi connectivity index (χ1v) is 7.31. The van der Waals surface area contributed by atoms with E-state index in [1.165, 1.54) is 18.4 Å². The topological polar surface area (TPSA) is 38.5 Å². The fourth-order valence-electron chi connectivity index (χ4n) is 2.81. The highest BCUT2D eigenvalue weighted by molar-refractivity contribution is 5.16. The van der Waals surface area contributed by atoms with Gasteiger partial charge < -0.3 is 15.4 Å². The maximum absolute atomic E-state index is 5.95. The van der Waals surface area contributed by atoms with Gasteiger partial charge in [-0.3, -0.25) is 0 Å². The van der Waals surface area contributed by atoms with Crippen LogP contribution in [0.4, 0.5) is 0 Å². The third-order valence-corrected chi connectivity index (χ3v) is 4.01. The van der Waals surface area contributed by atoms with Gasteiger partial charge in [-0.2, -0.15) is 0 Å². The molecule has 0 aliphatic carbocycles. The normalized spacial score (nSPS) is 21.5. The average Bonchev–Trinajstić information content (AvgIpc) is 2.47. The van der Waals surface area contributed by atoms with Gasteiger partial charge in [0.25, 0.3) is 0 Å². The summed E-state index contributed by atoms with van der Waals surface area (Å²) in [7, 11) is 2.19. The van der Waals surface area contributed by atoms with Crippen LogP contribution in [0.5, 0.6) is 0 Å². The van der Waals surface area contributed by atoms with Crippen molar-refractivity contribution in [1.82, 2.24) is 4.90 Å². The number of hydrogen-bond acceptors (Lipinski definition) is 3. The third kappa shape index (κ3) is 4.60. The van der Waals surface area contributed by atoms with Crippen molar-refractivity contribution in [2.45, 2.75) is 25.3 Å². The predicted octanol–water partition coefficient (Wildman–Crippen LogP) is 1.91. The molecule has 1 fully saturated rings. The maximum atomic E-state index is 5.95. The SMILES string of the molecule is CN(CC1CCCOC1)C(CN)Cc1ccccc1. The van der Waals surface area contributed by atoms with E-state index in [-0.39, 0.29) is 0 Å². The lowest BCUT2D eigenvalue weighted by molar-refractivity contribution is 0.0367. The van der Waals surface area contributed by atoms with Gasteiger partial charge in [-0.15, -0.1) is 0 Å². The fraction of sp³-hybridized carbons (Fsp3) is 0.625. The summed E-state index contributed by atoms with van der Waals surface area (Å²) < 4.78 is 5.56. The number of ether oxygens (including phenoxy) is 1. The zero-order valence-corrected chi connectivity index (χ0v) is 11.9. The van der Waals surface area contributed by atoms with Gasteiger partial charge >= 0.3 is 0 Å². The zero-order valence-electron chi connectivity index (χ0n) is 11.9. The summed E-state index contributed by atoms with van der Waals surface area (Å²) in [6.45, 7) is 3.64. The maximum Gasteiger partial charge on any atom is 0.0506 e. The summed E-state index contributed by atoms with van der Waals surface area (Å²) in [5, 5.41) is 0. The summed E-state index contributed by atoms with van der Waals surface area (Å²) in [5.74, 6) is 0.670. The number of nitrogens with zero attached hydrogens (tertiary/aromatic N) is 1. The number of nitrogens with two attached hydrogens (primary N) is 1. The molecule has 2 atom stereocenters. The molecule has 0 saturated carbocycles. The van der Waals surface area contributed by atoms with E-state index in [2.05, 4.69) is 42.3 Å². The van der Waals surface area contributed by atoms with Gasteiger partial charge in [0.15, 0.2) is 0 Å². The molecule has 2 rings (SSSR count). The summed E-state index contributed by atoms with van der Waals surface area (Å²) in [5.41, 5.74) is 7.32. The lowest BCUT2D eigenvalue weighted by Crippen LogP contribution is -2.43. The second-order valence-electron chi connectivity index (χ2n) is 5.60. The highest BCUT2D eigenvalue weighted by Gasteiger charge is 2.20. The van der Waals surface area contributed by atoms with Crippen LogP contribution >= 0.6 is 0 Å². The Kier molecular flexibility index (Phi) is 5.83. The highest BCUT2D eigenvalue weighted by atomic mass is 16.5. The molecule has 2 unspecified atom stereocenters. The minimum atomic E-state index is 0.421. The Labute approximate surface area is 116 Å². The fourth-order valence-corrected chi connectivity index (χ4v) is 2.81. The summed E-state index contributed by atoms with van der Waals surface area (Å²) in [6, 6.07) is 11.0. The molecule has 1 saturated heterocycles. The molecule has 106 valence electrons. The molecule has 19 heavy (non-hydrogen) atoms. The number of hydrogen-bond donors (Lipinski definition) is 1. The molecule has 0 bridgehead atoms. The molecule has 0 aromatic heterocycles. The van der Waals surface area contributed by atoms with Crippen molar-refractivity contribution < 1.29 is 4.74 Å². The van der Waals surface area contributed by atoms with Gasteiger partial charge in [-0.05, 0) is 37.8 Å². The number of rotatable bonds is 6. The van der Waals surface area contributed by atoms with E-state index in [0.29, 0.717) is 18.5 Å². The van der Waals surface area contributed by atoms with E-state index < -0.39 is 0 Å². The first kappa shape index (κ1) is 14.5. The van der Waals surface area contributed by atoms with E-state index >= 15 is 0 Å². The molecule has 1 aliphatic heterocycles. The van der Waals surface area contributed by atoms with E-state index in [0.717, 1.165) is 26.2 Å². The van der Waals surface area contributed by atoms with Crippen LogP contribution in [0.3, 0.4) is 0 Å². The second-order valence-corrected chi connectivity index (χ2v) is 5.60. The molecule has 0 spiro atoms. The Balaban J connectivity index is 1.85. The number of benzene rings is 1. The molecule has 3 heteroatoms. The monoisotopic (exact) mass is 262 g/mol. The van der Waals surface area contributed by atoms with Gasteiger partial charge in [0.1, 0.15) is 0 Å². The van der Waals surface area contributed by atoms with Crippen LogP contribution in [0.15, 0.2) is 30.3 Å². The minimum absolute atomic E-state index is 0.421. The van der Waals surface area contributed by atoms with Crippen molar-refractivity contribution in [3.8, 4) is 0 Å². The van der Waals surface area contributed by atoms with Gasteiger partial charge in [-0.1, -0.05) is 30.3 Å². The summed E-state index contributed by atoms with van der Waals surface area (Å²) >= 11 is 0. The standard InChI is InChI=1S/C16H26N2O/c1-18(12-15-8-5-9-19-13-15)16(11-17)10-14-6-3-2-4-7-14/h2-4,6-7,15-16H,5,8-13,17H2,1H3. The Bertz CT molecular complexity index is 349. The predicted molar refractivity (Wildman–Crippen MR) is 79.2 cm³/mol. The molecule has 0 amide bonds. The van der Waals surface area contributed by atoms with Crippen LogP contribution in [0, 0.1) is 5.92 Å². The van der Waals surface area contributed by atoms with Crippen LogP contribution in [-0.4, -0.2) is 44.3 Å². The zero-order chi connectivity index (χ0) is 13.5. The Morgan fingerprint density at radius 1 is 1.37 bits per heavy atom. The summed E-state index contributed by atoms with van der Waals surface area (Å²) in [4.78, 5) is 2.41. The molecular weight excluding hydrogens is 236 g/mol. The molecule has 1 aromatic carbocycles. The van der Waals surface area contributed by atoms with Crippen LogP contribution in [-0.2, 0) is 11.2 Å². The third-order valence-electron chi connectivity index (χ3n) is 4.01. The van der Waals surface area contributed by atoms with Gasteiger partial charge in [0, 0.05) is 25.7 Å². The van der Waals surface area contributed by atoms with Crippen LogP contribution in [0.25, 0.3) is 0 Å². The lowest BCUT2D eigenvalue weighted by atomic mass is 9.99. The smallest absolute Gasteiger partial charge is 0.0506 e. The van der Waals surface area contributed by atoms with Gasteiger partial charge in [-0.25, -0.2) is 0 Å². The van der Waals surface area contributed by atoms with E-state index in [1.54, 1.807) is 0 Å². The second kappa shape index (κ2) is 7.63. The molecule has 0 radical (unpaired) electrons. The van der Waals surface area contributed by atoms with Crippen LogP contribution < -0.4 is 5.73 Å². The van der Waals surface area contributed by atoms with E-state index in [4.69, 9.17) is 10.5 Å². The van der Waals surface area contributed by atoms with Gasteiger partial charge in [0.05, 0.1) is 6.61 Å². The molecule has 3 nitrogen and oxygen atoms in total. The molecule has 1 aromatic rings. The van der Waals surface area contributed by atoms with Crippen LogP contribution in [0.2, 0.25) is 0 Å². The minimum Gasteiger partial charge on any atom is -0.381 e. The highest BCUT2D eigenvalue weighted by Crippen LogP contribution is 2.16. The molecule has 1 aliphatic rings. The Morgan fingerprint density at radius 3 is 2.79 bits per heavy atom. The lowest BCUT2D eigenvalue weighted by Gasteiger charge is -2.32. The number of likely N-dealkylation sites (N-methyl/N-ethyl adjacent to an activating group) is 1. The van der Waals surface area contributed by atoms with Crippen molar-refractivity contribution in [3.05, 3.63) is 35.9 Å². The Hall–Kier alpha value is -0.900. The van der Waals surface area contributed by atoms with E-state index in [9.17, 15) is 0 Å². The van der Waals surface area contributed by atoms with Crippen molar-refractivity contribution in [1.29, 1.82) is 0 Å². The summed E-state index contributed by atoms with van der Waals surface area (Å²) in [6.07, 6.45) is 3.51. The first-order valence-electron chi connectivity index (χ1n) is 7.31. The van der Waals surface area contributed by atoms with Gasteiger partial charge in [0.2, 0.25) is 0 Å². The average molecular weight is 262 g/mol.